The van der Waals surface area contributed by atoms with Crippen LogP contribution in [0.25, 0.3) is 0 Å². The van der Waals surface area contributed by atoms with Crippen molar-refractivity contribution in [1.29, 1.82) is 0 Å². The second-order valence-corrected chi connectivity index (χ2v) is 11.1. The fourth-order valence-corrected chi connectivity index (χ4v) is 7.12. The minimum absolute atomic E-state index is 0.0296. The van der Waals surface area contributed by atoms with E-state index < -0.39 is 0 Å². The SMILES string of the molecule is CN(C)c1ccc2c(c1)C(CC(=O)C13CC4CC(CC(C4)C1)C3)=NC(C)(C)C2. The molecule has 0 N–H and O–H groups in total. The molecule has 0 saturated heterocycles. The Hall–Kier alpha value is -1.64. The van der Waals surface area contributed by atoms with Crippen LogP contribution in [-0.4, -0.2) is 31.1 Å². The van der Waals surface area contributed by atoms with E-state index in [0.717, 1.165) is 49.1 Å². The van der Waals surface area contributed by atoms with Crippen molar-refractivity contribution < 1.29 is 4.79 Å². The summed E-state index contributed by atoms with van der Waals surface area (Å²) >= 11 is 0. The second-order valence-electron chi connectivity index (χ2n) is 11.1. The van der Waals surface area contributed by atoms with Gasteiger partial charge in [-0.1, -0.05) is 6.07 Å². The van der Waals surface area contributed by atoms with Crippen molar-refractivity contribution in [2.24, 2.45) is 28.2 Å². The molecule has 3 nitrogen and oxygen atoms in total. The van der Waals surface area contributed by atoms with E-state index in [9.17, 15) is 4.79 Å². The molecule has 3 heteroatoms. The molecule has 4 aliphatic carbocycles. The molecular formula is C25H34N2O. The third-order valence-electron chi connectivity index (χ3n) is 7.94. The highest BCUT2D eigenvalue weighted by Gasteiger charge is 2.54. The number of hydrogen-bond donors (Lipinski definition) is 0. The molecule has 4 bridgehead atoms. The van der Waals surface area contributed by atoms with Crippen LogP contribution in [-0.2, 0) is 11.2 Å². The molecule has 1 aliphatic heterocycles. The fraction of sp³-hybridized carbons (Fsp3) is 0.680. The van der Waals surface area contributed by atoms with Crippen LogP contribution >= 0.6 is 0 Å². The van der Waals surface area contributed by atoms with Gasteiger partial charge in [-0.3, -0.25) is 9.79 Å². The predicted octanol–water partition coefficient (Wildman–Crippen LogP) is 5.05. The number of rotatable bonds is 4. The predicted molar refractivity (Wildman–Crippen MR) is 115 cm³/mol. The molecule has 1 aromatic rings. The lowest BCUT2D eigenvalue weighted by Gasteiger charge is -2.56. The van der Waals surface area contributed by atoms with Gasteiger partial charge in [0.1, 0.15) is 5.78 Å². The van der Waals surface area contributed by atoms with E-state index >= 15 is 0 Å². The van der Waals surface area contributed by atoms with Crippen molar-refractivity contribution in [3.8, 4) is 0 Å². The molecule has 0 radical (unpaired) electrons. The summed E-state index contributed by atoms with van der Waals surface area (Å²) in [4.78, 5) is 21.0. The maximum Gasteiger partial charge on any atom is 0.145 e. The van der Waals surface area contributed by atoms with E-state index in [1.807, 2.05) is 0 Å². The Labute approximate surface area is 169 Å². The lowest BCUT2D eigenvalue weighted by molar-refractivity contribution is -0.142. The molecule has 28 heavy (non-hydrogen) atoms. The van der Waals surface area contributed by atoms with Gasteiger partial charge < -0.3 is 4.90 Å². The van der Waals surface area contributed by atoms with Crippen molar-refractivity contribution >= 4 is 17.2 Å². The van der Waals surface area contributed by atoms with Crippen LogP contribution in [0, 0.1) is 23.2 Å². The van der Waals surface area contributed by atoms with Crippen molar-refractivity contribution in [2.75, 3.05) is 19.0 Å². The molecular weight excluding hydrogens is 344 g/mol. The Morgan fingerprint density at radius 2 is 1.68 bits per heavy atom. The third-order valence-corrected chi connectivity index (χ3v) is 7.94. The zero-order valence-electron chi connectivity index (χ0n) is 17.9. The quantitative estimate of drug-likeness (QED) is 0.734. The van der Waals surface area contributed by atoms with E-state index in [1.165, 1.54) is 36.1 Å². The van der Waals surface area contributed by atoms with Gasteiger partial charge in [-0.2, -0.15) is 0 Å². The monoisotopic (exact) mass is 378 g/mol. The number of carbonyl (C=O) groups is 1. The van der Waals surface area contributed by atoms with Crippen LogP contribution in [0.15, 0.2) is 23.2 Å². The number of ketones is 1. The minimum atomic E-state index is -0.121. The fourth-order valence-electron chi connectivity index (χ4n) is 7.12. The summed E-state index contributed by atoms with van der Waals surface area (Å²) in [6.45, 7) is 4.40. The molecule has 6 rings (SSSR count). The molecule has 150 valence electrons. The smallest absolute Gasteiger partial charge is 0.145 e. The van der Waals surface area contributed by atoms with Crippen molar-refractivity contribution in [3.63, 3.8) is 0 Å². The van der Waals surface area contributed by atoms with Gasteiger partial charge in [0, 0.05) is 37.2 Å². The Morgan fingerprint density at radius 1 is 1.07 bits per heavy atom. The zero-order valence-corrected chi connectivity index (χ0v) is 17.9. The van der Waals surface area contributed by atoms with E-state index in [0.29, 0.717) is 12.2 Å². The molecule has 1 aromatic carbocycles. The van der Waals surface area contributed by atoms with E-state index in [1.54, 1.807) is 0 Å². The maximum atomic E-state index is 13.7. The summed E-state index contributed by atoms with van der Waals surface area (Å²) < 4.78 is 0. The number of Topliss-reactive ketones (excluding diaryl/α,β-unsaturated/α-hetero) is 1. The summed E-state index contributed by atoms with van der Waals surface area (Å²) in [5.74, 6) is 2.93. The molecule has 4 saturated carbocycles. The maximum absolute atomic E-state index is 13.7. The molecule has 0 amide bonds. The van der Waals surface area contributed by atoms with Crippen LogP contribution < -0.4 is 4.90 Å². The molecule has 4 fully saturated rings. The first-order chi connectivity index (χ1) is 13.2. The van der Waals surface area contributed by atoms with Gasteiger partial charge in [0.15, 0.2) is 0 Å². The topological polar surface area (TPSA) is 32.7 Å². The minimum Gasteiger partial charge on any atom is -0.378 e. The lowest BCUT2D eigenvalue weighted by atomic mass is 9.48. The number of hydrogen-bond acceptors (Lipinski definition) is 3. The average molecular weight is 379 g/mol. The number of anilines is 1. The number of nitrogens with zero attached hydrogens (tertiary/aromatic N) is 2. The standard InChI is InChI=1S/C25H34N2O/c1-24(2)15-19-5-6-20(27(3)4)10-21(19)22(26-24)11-23(28)25-12-16-7-17(13-25)9-18(8-16)14-25/h5-6,10,16-18H,7-9,11-15H2,1-4H3. The first kappa shape index (κ1) is 18.4. The van der Waals surface area contributed by atoms with E-state index in [2.05, 4.69) is 51.0 Å². The summed E-state index contributed by atoms with van der Waals surface area (Å²) in [5.41, 5.74) is 4.63. The molecule has 1 heterocycles. The normalized spacial score (nSPS) is 34.7. The first-order valence-corrected chi connectivity index (χ1v) is 11.2. The highest BCUT2D eigenvalue weighted by atomic mass is 16.1. The average Bonchev–Trinajstić information content (AvgIpc) is 2.59. The van der Waals surface area contributed by atoms with Gasteiger partial charge in [-0.05, 0) is 94.2 Å². The van der Waals surface area contributed by atoms with Gasteiger partial charge >= 0.3 is 0 Å². The Balaban J connectivity index is 1.47. The van der Waals surface area contributed by atoms with Crippen LogP contribution in [0.5, 0.6) is 0 Å². The van der Waals surface area contributed by atoms with Gasteiger partial charge in [-0.25, -0.2) is 0 Å². The van der Waals surface area contributed by atoms with Crippen LogP contribution in [0.1, 0.15) is 69.9 Å². The summed E-state index contributed by atoms with van der Waals surface area (Å²) in [6, 6.07) is 6.69. The second kappa shape index (κ2) is 6.18. The number of carbonyl (C=O) groups excluding carboxylic acids is 1. The molecule has 0 unspecified atom stereocenters. The van der Waals surface area contributed by atoms with Gasteiger partial charge in [0.25, 0.3) is 0 Å². The molecule has 5 aliphatic rings. The van der Waals surface area contributed by atoms with Gasteiger partial charge in [-0.15, -0.1) is 0 Å². The Kier molecular flexibility index (Phi) is 4.06. The first-order valence-electron chi connectivity index (χ1n) is 11.2. The molecule has 0 aromatic heterocycles. The summed E-state index contributed by atoms with van der Waals surface area (Å²) in [5, 5.41) is 0. The van der Waals surface area contributed by atoms with Crippen molar-refractivity contribution in [3.05, 3.63) is 29.3 Å². The largest absolute Gasteiger partial charge is 0.378 e. The summed E-state index contributed by atoms with van der Waals surface area (Å²) in [7, 11) is 4.15. The Morgan fingerprint density at radius 3 is 2.25 bits per heavy atom. The number of fused-ring (bicyclic) bond motifs is 1. The number of benzene rings is 1. The van der Waals surface area contributed by atoms with Crippen molar-refractivity contribution in [2.45, 2.75) is 70.8 Å². The zero-order chi connectivity index (χ0) is 19.7. The number of aliphatic imine (C=N–C) groups is 1. The van der Waals surface area contributed by atoms with Crippen LogP contribution in [0.2, 0.25) is 0 Å². The highest BCUT2D eigenvalue weighted by Crippen LogP contribution is 2.60. The highest BCUT2D eigenvalue weighted by molar-refractivity contribution is 6.14. The van der Waals surface area contributed by atoms with Crippen LogP contribution in [0.4, 0.5) is 5.69 Å². The van der Waals surface area contributed by atoms with Gasteiger partial charge in [0.2, 0.25) is 0 Å². The van der Waals surface area contributed by atoms with E-state index in [4.69, 9.17) is 4.99 Å². The Bertz CT molecular complexity index is 813. The third kappa shape index (κ3) is 3.02. The van der Waals surface area contributed by atoms with E-state index in [-0.39, 0.29) is 11.0 Å². The van der Waals surface area contributed by atoms with Crippen molar-refractivity contribution in [1.82, 2.24) is 0 Å². The summed E-state index contributed by atoms with van der Waals surface area (Å²) in [6.07, 6.45) is 9.09. The lowest BCUT2D eigenvalue weighted by Crippen LogP contribution is -2.50. The molecule has 0 atom stereocenters. The van der Waals surface area contributed by atoms with Crippen LogP contribution in [0.3, 0.4) is 0 Å². The van der Waals surface area contributed by atoms with Gasteiger partial charge in [0.05, 0.1) is 11.3 Å². The molecule has 0 spiro atoms.